The van der Waals surface area contributed by atoms with E-state index in [0.717, 1.165) is 0 Å². The number of nitro benzene ring substituents is 2. The number of para-hydroxylation sites is 4. The lowest BCUT2D eigenvalue weighted by Crippen LogP contribution is -2.21. The molecule has 10 heteroatoms. The Bertz CT molecular complexity index is 1070. The largest absolute Gasteiger partial charge is 0.316 e. The van der Waals surface area contributed by atoms with Gasteiger partial charge in [0, 0.05) is 12.1 Å². The molecule has 0 aliphatic heterocycles. The number of carbonyl (C=O) groups excluding carboxylic acids is 2. The minimum Gasteiger partial charge on any atom is -0.316 e. The Hall–Kier alpha value is -4.60. The zero-order valence-electron chi connectivity index (χ0n) is 15.3. The van der Waals surface area contributed by atoms with E-state index in [9.17, 15) is 29.8 Å². The van der Waals surface area contributed by atoms with Crippen LogP contribution in [-0.4, -0.2) is 21.7 Å². The van der Waals surface area contributed by atoms with Gasteiger partial charge in [-0.15, -0.1) is 0 Å². The molecule has 0 aliphatic carbocycles. The maximum atomic E-state index is 12.7. The van der Waals surface area contributed by atoms with E-state index in [1.165, 1.54) is 72.8 Å². The molecule has 0 aliphatic rings. The maximum Gasteiger partial charge on any atom is 0.292 e. The second-order valence-electron chi connectivity index (χ2n) is 6.00. The van der Waals surface area contributed by atoms with Crippen molar-refractivity contribution in [3.05, 3.63) is 104 Å². The molecule has 2 amide bonds. The first-order valence-corrected chi connectivity index (χ1v) is 8.57. The van der Waals surface area contributed by atoms with Gasteiger partial charge in [-0.05, 0) is 24.3 Å². The van der Waals surface area contributed by atoms with E-state index in [0.29, 0.717) is 0 Å². The highest BCUT2D eigenvalue weighted by Crippen LogP contribution is 2.26. The molecule has 0 aromatic heterocycles. The number of benzene rings is 3. The lowest BCUT2D eigenvalue weighted by Gasteiger charge is -2.11. The molecule has 0 heterocycles. The molecule has 3 aromatic carbocycles. The van der Waals surface area contributed by atoms with E-state index in [-0.39, 0.29) is 33.9 Å². The lowest BCUT2D eigenvalue weighted by atomic mass is 10.1. The standard InChI is InChI=1S/C20H14N4O6/c25-19(21-15-9-3-5-11-17(15)23(27)28)13-7-1-2-8-14(13)20(26)22-16-10-4-6-12-18(16)24(29)30/h1-12H,(H,21,25)(H,22,26). The number of carbonyl (C=O) groups is 2. The van der Waals surface area contributed by atoms with Gasteiger partial charge in [-0.2, -0.15) is 0 Å². The van der Waals surface area contributed by atoms with Gasteiger partial charge in [0.15, 0.2) is 0 Å². The molecule has 0 unspecified atom stereocenters. The minimum atomic E-state index is -0.738. The van der Waals surface area contributed by atoms with E-state index in [4.69, 9.17) is 0 Å². The van der Waals surface area contributed by atoms with Crippen LogP contribution in [-0.2, 0) is 0 Å². The third kappa shape index (κ3) is 4.28. The molecule has 10 nitrogen and oxygen atoms in total. The summed E-state index contributed by atoms with van der Waals surface area (Å²) in [6.45, 7) is 0. The molecule has 0 atom stereocenters. The van der Waals surface area contributed by atoms with Crippen molar-refractivity contribution in [1.82, 2.24) is 0 Å². The second-order valence-corrected chi connectivity index (χ2v) is 6.00. The van der Waals surface area contributed by atoms with E-state index < -0.39 is 21.7 Å². The average Bonchev–Trinajstić information content (AvgIpc) is 2.74. The molecular weight excluding hydrogens is 392 g/mol. The second kappa shape index (κ2) is 8.61. The van der Waals surface area contributed by atoms with Crippen LogP contribution in [0.3, 0.4) is 0 Å². The summed E-state index contributed by atoms with van der Waals surface area (Å²) >= 11 is 0. The van der Waals surface area contributed by atoms with Gasteiger partial charge in [-0.3, -0.25) is 29.8 Å². The summed E-state index contributed by atoms with van der Waals surface area (Å²) in [7, 11) is 0. The van der Waals surface area contributed by atoms with Crippen molar-refractivity contribution in [2.24, 2.45) is 0 Å². The number of rotatable bonds is 6. The van der Waals surface area contributed by atoms with Gasteiger partial charge in [0.25, 0.3) is 23.2 Å². The van der Waals surface area contributed by atoms with Crippen LogP contribution in [0, 0.1) is 20.2 Å². The molecule has 150 valence electrons. The zero-order chi connectivity index (χ0) is 21.7. The van der Waals surface area contributed by atoms with Crippen LogP contribution >= 0.6 is 0 Å². The Balaban J connectivity index is 1.90. The molecule has 0 saturated carbocycles. The van der Waals surface area contributed by atoms with Crippen molar-refractivity contribution in [3.8, 4) is 0 Å². The van der Waals surface area contributed by atoms with Gasteiger partial charge < -0.3 is 10.6 Å². The Kier molecular flexibility index (Phi) is 5.78. The molecule has 3 aromatic rings. The van der Waals surface area contributed by atoms with Crippen molar-refractivity contribution >= 4 is 34.6 Å². The quantitative estimate of drug-likeness (QED) is 0.467. The van der Waals surface area contributed by atoms with Crippen LogP contribution in [0.2, 0.25) is 0 Å². The first-order chi connectivity index (χ1) is 14.4. The third-order valence-corrected chi connectivity index (χ3v) is 4.11. The van der Waals surface area contributed by atoms with E-state index in [1.807, 2.05) is 0 Å². The van der Waals surface area contributed by atoms with Crippen molar-refractivity contribution in [2.45, 2.75) is 0 Å². The van der Waals surface area contributed by atoms with Crippen molar-refractivity contribution in [2.75, 3.05) is 10.6 Å². The van der Waals surface area contributed by atoms with Crippen LogP contribution in [0.4, 0.5) is 22.7 Å². The Morgan fingerprint density at radius 2 is 0.933 bits per heavy atom. The molecule has 0 bridgehead atoms. The third-order valence-electron chi connectivity index (χ3n) is 4.11. The first-order valence-electron chi connectivity index (χ1n) is 8.57. The summed E-state index contributed by atoms with van der Waals surface area (Å²) in [6.07, 6.45) is 0. The molecule has 0 fully saturated rings. The smallest absolute Gasteiger partial charge is 0.292 e. The molecular formula is C20H14N4O6. The van der Waals surface area contributed by atoms with Crippen molar-refractivity contribution in [3.63, 3.8) is 0 Å². The van der Waals surface area contributed by atoms with Crippen LogP contribution in [0.5, 0.6) is 0 Å². The number of amides is 2. The van der Waals surface area contributed by atoms with Gasteiger partial charge in [0.05, 0.1) is 21.0 Å². The fourth-order valence-corrected chi connectivity index (χ4v) is 2.74. The summed E-state index contributed by atoms with van der Waals surface area (Å²) in [5.41, 5.74) is -0.748. The average molecular weight is 406 g/mol. The number of nitrogens with one attached hydrogen (secondary N) is 2. The fourth-order valence-electron chi connectivity index (χ4n) is 2.74. The summed E-state index contributed by atoms with van der Waals surface area (Å²) in [4.78, 5) is 46.4. The minimum absolute atomic E-state index is 0.0265. The van der Waals surface area contributed by atoms with Crippen LogP contribution in [0.15, 0.2) is 72.8 Å². The first kappa shape index (κ1) is 20.1. The SMILES string of the molecule is O=C(Nc1ccccc1[N+](=O)[O-])c1ccccc1C(=O)Nc1ccccc1[N+](=O)[O-]. The lowest BCUT2D eigenvalue weighted by molar-refractivity contribution is -0.384. The topological polar surface area (TPSA) is 144 Å². The van der Waals surface area contributed by atoms with Crippen molar-refractivity contribution < 1.29 is 19.4 Å². The van der Waals surface area contributed by atoms with Gasteiger partial charge in [-0.25, -0.2) is 0 Å². The van der Waals surface area contributed by atoms with Gasteiger partial charge in [0.2, 0.25) is 0 Å². The number of nitrogens with zero attached hydrogens (tertiary/aromatic N) is 2. The Labute approximate surface area is 169 Å². The monoisotopic (exact) mass is 406 g/mol. The van der Waals surface area contributed by atoms with Crippen LogP contribution < -0.4 is 10.6 Å². The Morgan fingerprint density at radius 3 is 1.30 bits per heavy atom. The molecule has 0 saturated heterocycles. The van der Waals surface area contributed by atoms with Crippen LogP contribution in [0.25, 0.3) is 0 Å². The van der Waals surface area contributed by atoms with Gasteiger partial charge in [0.1, 0.15) is 11.4 Å². The maximum absolute atomic E-state index is 12.7. The van der Waals surface area contributed by atoms with Gasteiger partial charge >= 0.3 is 0 Å². The number of hydrogen-bond donors (Lipinski definition) is 2. The molecule has 0 radical (unpaired) electrons. The van der Waals surface area contributed by atoms with Crippen molar-refractivity contribution in [1.29, 1.82) is 0 Å². The summed E-state index contributed by atoms with van der Waals surface area (Å²) < 4.78 is 0. The normalized spacial score (nSPS) is 10.1. The molecule has 0 spiro atoms. The Morgan fingerprint density at radius 1 is 0.600 bits per heavy atom. The number of nitro groups is 2. The fraction of sp³-hybridized carbons (Fsp3) is 0. The van der Waals surface area contributed by atoms with E-state index in [1.54, 1.807) is 0 Å². The zero-order valence-corrected chi connectivity index (χ0v) is 15.3. The van der Waals surface area contributed by atoms with E-state index in [2.05, 4.69) is 10.6 Å². The van der Waals surface area contributed by atoms with Gasteiger partial charge in [-0.1, -0.05) is 36.4 Å². The number of anilines is 2. The predicted molar refractivity (Wildman–Crippen MR) is 109 cm³/mol. The highest BCUT2D eigenvalue weighted by molar-refractivity contribution is 6.16. The highest BCUT2D eigenvalue weighted by atomic mass is 16.6. The van der Waals surface area contributed by atoms with Crippen LogP contribution in [0.1, 0.15) is 20.7 Å². The predicted octanol–water partition coefficient (Wildman–Crippen LogP) is 4.01. The molecule has 2 N–H and O–H groups in total. The summed E-state index contributed by atoms with van der Waals surface area (Å²) in [5, 5.41) is 27.1. The molecule has 3 rings (SSSR count). The summed E-state index contributed by atoms with van der Waals surface area (Å²) in [5.74, 6) is -1.48. The highest BCUT2D eigenvalue weighted by Gasteiger charge is 2.22. The summed E-state index contributed by atoms with van der Waals surface area (Å²) in [6, 6.07) is 17.0. The number of hydrogen-bond acceptors (Lipinski definition) is 6. The molecule has 30 heavy (non-hydrogen) atoms. The van der Waals surface area contributed by atoms with E-state index >= 15 is 0 Å².